The van der Waals surface area contributed by atoms with Crippen LogP contribution < -0.4 is 0 Å². The van der Waals surface area contributed by atoms with Crippen LogP contribution in [0.25, 0.3) is 0 Å². The van der Waals surface area contributed by atoms with Gasteiger partial charge in [-0.15, -0.1) is 0 Å². The molecule has 0 aromatic rings. The lowest BCUT2D eigenvalue weighted by Crippen LogP contribution is -2.10. The maximum Gasteiger partial charge on any atom is 0.266 e. The molecule has 0 aromatic heterocycles. The van der Waals surface area contributed by atoms with Gasteiger partial charge in [0.15, 0.2) is 0 Å². The molecule has 0 fully saturated rings. The fourth-order valence-corrected chi connectivity index (χ4v) is 2.13. The molecule has 3 heteroatoms. The van der Waals surface area contributed by atoms with Crippen molar-refractivity contribution in [1.29, 1.82) is 0 Å². The summed E-state index contributed by atoms with van der Waals surface area (Å²) in [5.74, 6) is 0. The third kappa shape index (κ3) is 15.9. The summed E-state index contributed by atoms with van der Waals surface area (Å²) in [7, 11) is 0. The Kier molecular flexibility index (Phi) is 14.8. The van der Waals surface area contributed by atoms with Crippen molar-refractivity contribution in [3.63, 3.8) is 0 Å². The van der Waals surface area contributed by atoms with Crippen molar-refractivity contribution in [2.45, 2.75) is 90.4 Å². The summed E-state index contributed by atoms with van der Waals surface area (Å²) < 4.78 is 4.64. The standard InChI is InChI=1S/C15H32O3/c1-2-3-4-5-6-7-8-9-10-11-12-13-14-18-15(16)17/h15-17H,2-14H2,1H3. The molecule has 0 heterocycles. The lowest BCUT2D eigenvalue weighted by molar-refractivity contribution is -0.234. The molecule has 110 valence electrons. The summed E-state index contributed by atoms with van der Waals surface area (Å²) in [6, 6.07) is 0. The minimum absolute atomic E-state index is 0.453. The van der Waals surface area contributed by atoms with E-state index in [1.165, 1.54) is 64.2 Å². The first-order valence-electron chi connectivity index (χ1n) is 7.75. The van der Waals surface area contributed by atoms with Gasteiger partial charge in [-0.1, -0.05) is 77.6 Å². The average molecular weight is 260 g/mol. The van der Waals surface area contributed by atoms with Crippen molar-refractivity contribution in [1.82, 2.24) is 0 Å². The average Bonchev–Trinajstić information content (AvgIpc) is 2.34. The molecule has 0 saturated carbocycles. The topological polar surface area (TPSA) is 49.7 Å². The van der Waals surface area contributed by atoms with Crippen LogP contribution in [0.3, 0.4) is 0 Å². The van der Waals surface area contributed by atoms with Crippen LogP contribution in [0, 0.1) is 0 Å². The van der Waals surface area contributed by atoms with Gasteiger partial charge in [0.2, 0.25) is 0 Å². The van der Waals surface area contributed by atoms with Crippen LogP contribution in [0.5, 0.6) is 0 Å². The number of rotatable bonds is 14. The lowest BCUT2D eigenvalue weighted by atomic mass is 10.1. The first-order valence-corrected chi connectivity index (χ1v) is 7.75. The second kappa shape index (κ2) is 14.9. The number of unbranched alkanes of at least 4 members (excludes halogenated alkanes) is 11. The van der Waals surface area contributed by atoms with E-state index in [1.54, 1.807) is 0 Å². The zero-order valence-electron chi connectivity index (χ0n) is 12.1. The largest absolute Gasteiger partial charge is 0.346 e. The Bertz CT molecular complexity index is 149. The molecule has 0 aromatic carbocycles. The number of hydrogen-bond acceptors (Lipinski definition) is 3. The predicted octanol–water partition coefficient (Wildman–Crippen LogP) is 3.97. The molecule has 0 aliphatic heterocycles. The molecule has 0 bridgehead atoms. The van der Waals surface area contributed by atoms with E-state index >= 15 is 0 Å². The Morgan fingerprint density at radius 2 is 1.06 bits per heavy atom. The van der Waals surface area contributed by atoms with Gasteiger partial charge in [0.05, 0.1) is 6.61 Å². The highest BCUT2D eigenvalue weighted by molar-refractivity contribution is 4.48. The molecule has 0 amide bonds. The fourth-order valence-electron chi connectivity index (χ4n) is 2.13. The Morgan fingerprint density at radius 1 is 0.667 bits per heavy atom. The summed E-state index contributed by atoms with van der Waals surface area (Å²) in [6.45, 7) is 1.11. The van der Waals surface area contributed by atoms with Crippen LogP contribution >= 0.6 is 0 Å². The van der Waals surface area contributed by atoms with E-state index in [4.69, 9.17) is 10.2 Å². The Labute approximate surface area is 113 Å². The van der Waals surface area contributed by atoms with Crippen LogP contribution in [-0.4, -0.2) is 23.3 Å². The van der Waals surface area contributed by atoms with Crippen molar-refractivity contribution in [2.75, 3.05) is 6.61 Å². The zero-order chi connectivity index (χ0) is 13.5. The molecule has 0 unspecified atom stereocenters. The number of aliphatic hydroxyl groups excluding tert-OH is 1. The van der Waals surface area contributed by atoms with Gasteiger partial charge < -0.3 is 14.9 Å². The summed E-state index contributed by atoms with van der Waals surface area (Å²) >= 11 is 0. The van der Waals surface area contributed by atoms with Gasteiger partial charge in [-0.3, -0.25) is 0 Å². The summed E-state index contributed by atoms with van der Waals surface area (Å²) in [4.78, 5) is 0. The van der Waals surface area contributed by atoms with Crippen LogP contribution in [0.2, 0.25) is 0 Å². The third-order valence-electron chi connectivity index (χ3n) is 3.26. The van der Waals surface area contributed by atoms with Crippen molar-refractivity contribution in [3.8, 4) is 0 Å². The van der Waals surface area contributed by atoms with Gasteiger partial charge in [-0.25, -0.2) is 0 Å². The van der Waals surface area contributed by atoms with E-state index in [0.29, 0.717) is 6.61 Å². The van der Waals surface area contributed by atoms with E-state index in [9.17, 15) is 0 Å². The van der Waals surface area contributed by atoms with Crippen molar-refractivity contribution >= 4 is 0 Å². The smallest absolute Gasteiger partial charge is 0.266 e. The van der Waals surface area contributed by atoms with Gasteiger partial charge >= 0.3 is 0 Å². The van der Waals surface area contributed by atoms with E-state index in [0.717, 1.165) is 12.8 Å². The Morgan fingerprint density at radius 3 is 1.44 bits per heavy atom. The Balaban J connectivity index is 2.90. The third-order valence-corrected chi connectivity index (χ3v) is 3.26. The molecule has 3 nitrogen and oxygen atoms in total. The molecule has 0 aliphatic carbocycles. The molecule has 0 atom stereocenters. The maximum atomic E-state index is 8.46. The minimum Gasteiger partial charge on any atom is -0.346 e. The van der Waals surface area contributed by atoms with E-state index < -0.39 is 6.48 Å². The molecular weight excluding hydrogens is 228 g/mol. The maximum absolute atomic E-state index is 8.46. The molecule has 2 N–H and O–H groups in total. The van der Waals surface area contributed by atoms with Crippen LogP contribution in [0.15, 0.2) is 0 Å². The zero-order valence-corrected chi connectivity index (χ0v) is 12.1. The molecule has 0 radical (unpaired) electrons. The minimum atomic E-state index is -1.60. The molecule has 18 heavy (non-hydrogen) atoms. The number of aliphatic hydroxyl groups is 2. The highest BCUT2D eigenvalue weighted by Gasteiger charge is 1.96. The van der Waals surface area contributed by atoms with E-state index in [-0.39, 0.29) is 0 Å². The summed E-state index contributed by atoms with van der Waals surface area (Å²) in [6.07, 6.45) is 15.7. The van der Waals surface area contributed by atoms with Gasteiger partial charge in [0.1, 0.15) is 0 Å². The number of hydrogen-bond donors (Lipinski definition) is 2. The van der Waals surface area contributed by atoms with Gasteiger partial charge in [-0.2, -0.15) is 0 Å². The van der Waals surface area contributed by atoms with Gasteiger partial charge in [-0.05, 0) is 6.42 Å². The van der Waals surface area contributed by atoms with Crippen LogP contribution in [-0.2, 0) is 4.74 Å². The first kappa shape index (κ1) is 17.9. The highest BCUT2D eigenvalue weighted by Crippen LogP contribution is 2.11. The van der Waals surface area contributed by atoms with Gasteiger partial charge in [0, 0.05) is 0 Å². The van der Waals surface area contributed by atoms with E-state index in [1.807, 2.05) is 0 Å². The second-order valence-electron chi connectivity index (χ2n) is 5.09. The number of ether oxygens (including phenoxy) is 1. The summed E-state index contributed by atoms with van der Waals surface area (Å²) in [5, 5.41) is 16.9. The Hall–Kier alpha value is -0.120. The fraction of sp³-hybridized carbons (Fsp3) is 1.00. The predicted molar refractivity (Wildman–Crippen MR) is 75.3 cm³/mol. The van der Waals surface area contributed by atoms with E-state index in [2.05, 4.69) is 11.7 Å². The molecule has 0 aliphatic rings. The van der Waals surface area contributed by atoms with Crippen LogP contribution in [0.4, 0.5) is 0 Å². The SMILES string of the molecule is CCCCCCCCCCCCCCOC(O)O. The highest BCUT2D eigenvalue weighted by atomic mass is 16.7. The van der Waals surface area contributed by atoms with Crippen molar-refractivity contribution in [3.05, 3.63) is 0 Å². The molecule has 0 spiro atoms. The summed E-state index contributed by atoms with van der Waals surface area (Å²) in [5.41, 5.74) is 0. The van der Waals surface area contributed by atoms with Crippen LogP contribution in [0.1, 0.15) is 84.0 Å². The lowest BCUT2D eigenvalue weighted by Gasteiger charge is -2.05. The van der Waals surface area contributed by atoms with Crippen molar-refractivity contribution < 1.29 is 14.9 Å². The quantitative estimate of drug-likeness (QED) is 0.367. The molecule has 0 saturated heterocycles. The van der Waals surface area contributed by atoms with Crippen molar-refractivity contribution in [2.24, 2.45) is 0 Å². The first-order chi connectivity index (χ1) is 8.77. The molecular formula is C15H32O3. The normalized spacial score (nSPS) is 11.3. The monoisotopic (exact) mass is 260 g/mol. The van der Waals surface area contributed by atoms with Gasteiger partial charge in [0.25, 0.3) is 6.48 Å². The molecule has 0 rings (SSSR count). The second-order valence-corrected chi connectivity index (χ2v) is 5.09.